The van der Waals surface area contributed by atoms with Crippen molar-refractivity contribution in [2.24, 2.45) is 0 Å². The molecule has 1 N–H and O–H groups in total. The first kappa shape index (κ1) is 12.0. The summed E-state index contributed by atoms with van der Waals surface area (Å²) in [5.41, 5.74) is 1.70. The monoisotopic (exact) mass is 311 g/mol. The predicted octanol–water partition coefficient (Wildman–Crippen LogP) is 2.46. The molecule has 0 aliphatic carbocycles. The molecule has 5 heteroatoms. The van der Waals surface area contributed by atoms with Gasteiger partial charge in [0.15, 0.2) is 17.8 Å². The normalized spacial score (nSPS) is 18.9. The lowest BCUT2D eigenvalue weighted by Gasteiger charge is -2.24. The van der Waals surface area contributed by atoms with E-state index in [2.05, 4.69) is 21.2 Å². The third-order valence-corrected chi connectivity index (χ3v) is 4.21. The fraction of sp³-hybridized carbons (Fsp3) is 0.462. The summed E-state index contributed by atoms with van der Waals surface area (Å²) in [5, 5.41) is 3.35. The highest BCUT2D eigenvalue weighted by atomic mass is 79.9. The van der Waals surface area contributed by atoms with Crippen LogP contribution in [0.1, 0.15) is 34.7 Å². The molecular formula is C13H14BrNO3. The Morgan fingerprint density at radius 2 is 2.00 bits per heavy atom. The zero-order valence-electron chi connectivity index (χ0n) is 9.87. The van der Waals surface area contributed by atoms with Crippen molar-refractivity contribution in [3.8, 4) is 11.5 Å². The molecule has 0 atom stereocenters. The predicted molar refractivity (Wildman–Crippen MR) is 70.5 cm³/mol. The van der Waals surface area contributed by atoms with E-state index in [-0.39, 0.29) is 6.79 Å². The van der Waals surface area contributed by atoms with Crippen molar-refractivity contribution < 1.29 is 14.3 Å². The molecule has 2 heterocycles. The number of ether oxygens (including phenoxy) is 2. The van der Waals surface area contributed by atoms with Crippen LogP contribution in [0.4, 0.5) is 0 Å². The average Bonchev–Trinajstić information content (AvgIpc) is 2.88. The summed E-state index contributed by atoms with van der Waals surface area (Å²) < 4.78 is 11.8. The van der Waals surface area contributed by atoms with E-state index < -0.39 is 0 Å². The number of nitrogens with one attached hydrogen (secondary N) is 1. The summed E-state index contributed by atoms with van der Waals surface area (Å²) in [5.74, 6) is 1.82. The second kappa shape index (κ2) is 4.90. The van der Waals surface area contributed by atoms with Crippen LogP contribution in [0.2, 0.25) is 0 Å². The van der Waals surface area contributed by atoms with E-state index in [9.17, 15) is 4.79 Å². The van der Waals surface area contributed by atoms with Gasteiger partial charge in [0.25, 0.3) is 0 Å². The number of fused-ring (bicyclic) bond motifs is 1. The van der Waals surface area contributed by atoms with Gasteiger partial charge in [-0.05, 0) is 53.8 Å². The summed E-state index contributed by atoms with van der Waals surface area (Å²) >= 11 is 3.45. The molecule has 0 spiro atoms. The number of hydrogen-bond acceptors (Lipinski definition) is 4. The van der Waals surface area contributed by atoms with Crippen molar-refractivity contribution in [1.82, 2.24) is 5.32 Å². The molecule has 1 fully saturated rings. The highest BCUT2D eigenvalue weighted by molar-refractivity contribution is 9.10. The van der Waals surface area contributed by atoms with Crippen molar-refractivity contribution in [2.75, 3.05) is 19.9 Å². The lowest BCUT2D eigenvalue weighted by atomic mass is 9.88. The van der Waals surface area contributed by atoms with Crippen molar-refractivity contribution in [1.29, 1.82) is 0 Å². The minimum absolute atomic E-state index is 0.199. The van der Waals surface area contributed by atoms with Crippen molar-refractivity contribution in [3.63, 3.8) is 0 Å². The number of rotatable bonds is 2. The molecule has 0 unspecified atom stereocenters. The second-order valence-corrected chi connectivity index (χ2v) is 5.42. The van der Waals surface area contributed by atoms with Crippen molar-refractivity contribution >= 4 is 22.2 Å². The van der Waals surface area contributed by atoms with E-state index in [4.69, 9.17) is 9.47 Å². The molecule has 0 bridgehead atoms. The summed E-state index contributed by atoms with van der Waals surface area (Å²) in [6, 6.07) is 2.01. The van der Waals surface area contributed by atoms with Gasteiger partial charge < -0.3 is 14.8 Å². The fourth-order valence-corrected chi connectivity index (χ4v) is 3.15. The Morgan fingerprint density at radius 3 is 2.72 bits per heavy atom. The highest BCUT2D eigenvalue weighted by Gasteiger charge is 2.28. The molecule has 0 amide bonds. The number of carbonyl (C=O) groups excluding carboxylic acids is 1. The van der Waals surface area contributed by atoms with Gasteiger partial charge in [0.2, 0.25) is 6.79 Å². The van der Waals surface area contributed by atoms with Gasteiger partial charge in [0.05, 0.1) is 5.56 Å². The quantitative estimate of drug-likeness (QED) is 0.852. The molecule has 2 aliphatic heterocycles. The number of aldehydes is 1. The van der Waals surface area contributed by atoms with Crippen LogP contribution in [0.3, 0.4) is 0 Å². The van der Waals surface area contributed by atoms with Crippen molar-refractivity contribution in [3.05, 3.63) is 21.7 Å². The van der Waals surface area contributed by atoms with E-state index in [0.717, 1.165) is 48.0 Å². The summed E-state index contributed by atoms with van der Waals surface area (Å²) in [4.78, 5) is 11.1. The smallest absolute Gasteiger partial charge is 0.231 e. The number of carbonyl (C=O) groups is 1. The average molecular weight is 312 g/mol. The van der Waals surface area contributed by atoms with E-state index >= 15 is 0 Å². The van der Waals surface area contributed by atoms with Crippen molar-refractivity contribution in [2.45, 2.75) is 18.8 Å². The van der Waals surface area contributed by atoms with Gasteiger partial charge in [0, 0.05) is 10.0 Å². The third-order valence-electron chi connectivity index (χ3n) is 3.56. The van der Waals surface area contributed by atoms with Gasteiger partial charge in [-0.15, -0.1) is 0 Å². The molecule has 18 heavy (non-hydrogen) atoms. The standard InChI is InChI=1S/C13H14BrNO3/c14-11-5-9(8-1-3-15-4-2-8)12-13(10(11)6-16)18-7-17-12/h5-6,8,15H,1-4,7H2. The van der Waals surface area contributed by atoms with Crippen LogP contribution in [0.5, 0.6) is 11.5 Å². The maximum Gasteiger partial charge on any atom is 0.231 e. The van der Waals surface area contributed by atoms with E-state index in [0.29, 0.717) is 17.2 Å². The summed E-state index contributed by atoms with van der Waals surface area (Å²) in [6.07, 6.45) is 2.98. The van der Waals surface area contributed by atoms with Gasteiger partial charge >= 0.3 is 0 Å². The zero-order valence-corrected chi connectivity index (χ0v) is 11.5. The van der Waals surface area contributed by atoms with E-state index in [1.54, 1.807) is 0 Å². The van der Waals surface area contributed by atoms with Crippen LogP contribution < -0.4 is 14.8 Å². The topological polar surface area (TPSA) is 47.6 Å². The molecular weight excluding hydrogens is 298 g/mol. The van der Waals surface area contributed by atoms with Crippen LogP contribution in [0, 0.1) is 0 Å². The summed E-state index contributed by atoms with van der Waals surface area (Å²) in [6.45, 7) is 2.24. The molecule has 2 aliphatic rings. The van der Waals surface area contributed by atoms with E-state index in [1.807, 2.05) is 6.07 Å². The van der Waals surface area contributed by atoms with Crippen LogP contribution in [-0.2, 0) is 0 Å². The van der Waals surface area contributed by atoms with Crippen LogP contribution >= 0.6 is 15.9 Å². The van der Waals surface area contributed by atoms with Crippen LogP contribution in [0.25, 0.3) is 0 Å². The maximum atomic E-state index is 11.1. The first-order valence-electron chi connectivity index (χ1n) is 6.09. The number of hydrogen-bond donors (Lipinski definition) is 1. The Balaban J connectivity index is 2.07. The van der Waals surface area contributed by atoms with Crippen LogP contribution in [0.15, 0.2) is 10.5 Å². The molecule has 0 saturated carbocycles. The first-order valence-corrected chi connectivity index (χ1v) is 6.88. The van der Waals surface area contributed by atoms with Gasteiger partial charge in [-0.25, -0.2) is 0 Å². The van der Waals surface area contributed by atoms with Gasteiger partial charge in [-0.2, -0.15) is 0 Å². The SMILES string of the molecule is O=Cc1c(Br)cc(C2CCNCC2)c2c1OCO2. The highest BCUT2D eigenvalue weighted by Crippen LogP contribution is 2.46. The molecule has 1 aromatic carbocycles. The minimum Gasteiger partial charge on any atom is -0.453 e. The maximum absolute atomic E-state index is 11.1. The Labute approximate surface area is 114 Å². The first-order chi connectivity index (χ1) is 8.81. The lowest BCUT2D eigenvalue weighted by Crippen LogP contribution is -2.26. The number of halogens is 1. The molecule has 1 saturated heterocycles. The molecule has 0 radical (unpaired) electrons. The molecule has 3 rings (SSSR count). The largest absolute Gasteiger partial charge is 0.453 e. The number of piperidine rings is 1. The Morgan fingerprint density at radius 1 is 1.28 bits per heavy atom. The van der Waals surface area contributed by atoms with Gasteiger partial charge in [-0.3, -0.25) is 4.79 Å². The van der Waals surface area contributed by atoms with Crippen LogP contribution in [-0.4, -0.2) is 26.2 Å². The zero-order chi connectivity index (χ0) is 12.5. The Hall–Kier alpha value is -1.07. The molecule has 1 aromatic rings. The van der Waals surface area contributed by atoms with Gasteiger partial charge in [-0.1, -0.05) is 0 Å². The summed E-state index contributed by atoms with van der Waals surface area (Å²) in [7, 11) is 0. The van der Waals surface area contributed by atoms with Gasteiger partial charge in [0.1, 0.15) is 0 Å². The molecule has 0 aromatic heterocycles. The second-order valence-electron chi connectivity index (χ2n) is 4.57. The minimum atomic E-state index is 0.199. The van der Waals surface area contributed by atoms with E-state index in [1.165, 1.54) is 0 Å². The lowest BCUT2D eigenvalue weighted by molar-refractivity contribution is 0.111. The third kappa shape index (κ3) is 1.91. The molecule has 4 nitrogen and oxygen atoms in total. The number of benzene rings is 1. The Bertz CT molecular complexity index is 484. The molecule has 96 valence electrons. The Kier molecular flexibility index (Phi) is 3.26. The fourth-order valence-electron chi connectivity index (χ4n) is 2.63.